The number of ketones is 1. The van der Waals surface area contributed by atoms with Gasteiger partial charge in [0.25, 0.3) is 5.91 Å². The molecule has 1 aromatic heterocycles. The van der Waals surface area contributed by atoms with Crippen LogP contribution in [0.3, 0.4) is 0 Å². The van der Waals surface area contributed by atoms with Crippen LogP contribution in [0.4, 0.5) is 0 Å². The molecule has 0 saturated carbocycles. The summed E-state index contributed by atoms with van der Waals surface area (Å²) in [7, 11) is 3.05. The molecule has 1 heterocycles. The maximum Gasteiger partial charge on any atom is 0.354 e. The van der Waals surface area contributed by atoms with E-state index < -0.39 is 12.0 Å². The maximum absolute atomic E-state index is 13.6. The number of rotatable bonds is 6. The van der Waals surface area contributed by atoms with E-state index in [4.69, 9.17) is 4.74 Å². The van der Waals surface area contributed by atoms with Crippen LogP contribution in [0.5, 0.6) is 0 Å². The van der Waals surface area contributed by atoms with Crippen molar-refractivity contribution in [2.24, 2.45) is 7.05 Å². The number of methoxy groups -OCH3 is 1. The zero-order valence-electron chi connectivity index (χ0n) is 19.7. The number of carbonyl (C=O) groups excluding carboxylic acids is 3. The number of carbonyl (C=O) groups is 3. The predicted octanol–water partition coefficient (Wildman–Crippen LogP) is 4.70. The third kappa shape index (κ3) is 3.93. The Balaban J connectivity index is 2.01. The molecule has 6 heteroatoms. The summed E-state index contributed by atoms with van der Waals surface area (Å²) >= 11 is 0. The third-order valence-electron chi connectivity index (χ3n) is 6.14. The van der Waals surface area contributed by atoms with E-state index >= 15 is 0 Å². The van der Waals surface area contributed by atoms with Crippen molar-refractivity contribution >= 4 is 28.4 Å². The summed E-state index contributed by atoms with van der Waals surface area (Å²) < 4.78 is 6.56. The average molecular weight is 435 g/mol. The number of esters is 1. The van der Waals surface area contributed by atoms with Crippen LogP contribution in [0.15, 0.2) is 42.5 Å². The van der Waals surface area contributed by atoms with Crippen molar-refractivity contribution in [1.29, 1.82) is 0 Å². The molecule has 3 rings (SSSR count). The van der Waals surface area contributed by atoms with Crippen molar-refractivity contribution in [2.75, 3.05) is 7.11 Å². The molecule has 0 aliphatic heterocycles. The summed E-state index contributed by atoms with van der Waals surface area (Å²) in [6.45, 7) is 9.07. The van der Waals surface area contributed by atoms with Crippen molar-refractivity contribution in [2.45, 2.75) is 46.7 Å². The van der Waals surface area contributed by atoms with Crippen molar-refractivity contribution in [3.8, 4) is 0 Å². The molecule has 0 spiro atoms. The number of nitrogens with zero attached hydrogens (tertiary/aromatic N) is 2. The number of ether oxygens (including phenoxy) is 1. The molecular weight excluding hydrogens is 404 g/mol. The first-order valence-corrected chi connectivity index (χ1v) is 10.7. The molecule has 1 atom stereocenters. The van der Waals surface area contributed by atoms with Crippen LogP contribution in [-0.2, 0) is 11.8 Å². The van der Waals surface area contributed by atoms with Gasteiger partial charge in [-0.15, -0.1) is 0 Å². The molecule has 0 bridgehead atoms. The van der Waals surface area contributed by atoms with Crippen LogP contribution in [0.2, 0.25) is 0 Å². The fourth-order valence-corrected chi connectivity index (χ4v) is 4.39. The maximum atomic E-state index is 13.6. The zero-order valence-corrected chi connectivity index (χ0v) is 19.7. The van der Waals surface area contributed by atoms with E-state index in [-0.39, 0.29) is 17.7 Å². The topological polar surface area (TPSA) is 68.6 Å². The lowest BCUT2D eigenvalue weighted by atomic mass is 9.98. The van der Waals surface area contributed by atoms with E-state index in [1.807, 2.05) is 50.2 Å². The third-order valence-corrected chi connectivity index (χ3v) is 6.14. The van der Waals surface area contributed by atoms with Crippen LogP contribution >= 0.6 is 0 Å². The van der Waals surface area contributed by atoms with Crippen molar-refractivity contribution < 1.29 is 19.1 Å². The molecule has 1 unspecified atom stereocenters. The lowest BCUT2D eigenvalue weighted by Gasteiger charge is -2.32. The summed E-state index contributed by atoms with van der Waals surface area (Å²) in [5.41, 5.74) is 2.57. The minimum Gasteiger partial charge on any atom is -0.464 e. The van der Waals surface area contributed by atoms with E-state index in [1.165, 1.54) is 7.11 Å². The van der Waals surface area contributed by atoms with Crippen LogP contribution in [0.1, 0.15) is 63.2 Å². The van der Waals surface area contributed by atoms with E-state index in [0.717, 1.165) is 10.8 Å². The average Bonchev–Trinajstić information content (AvgIpc) is 3.00. The second-order valence-electron chi connectivity index (χ2n) is 8.39. The molecule has 0 N–H and O–H groups in total. The van der Waals surface area contributed by atoms with Crippen LogP contribution in [-0.4, -0.2) is 46.3 Å². The quantitative estimate of drug-likeness (QED) is 0.416. The Kier molecular flexibility index (Phi) is 6.53. The number of fused-ring (bicyclic) bond motifs is 1. The summed E-state index contributed by atoms with van der Waals surface area (Å²) in [4.78, 5) is 40.9. The number of hydrogen-bond donors (Lipinski definition) is 0. The van der Waals surface area contributed by atoms with Gasteiger partial charge in [-0.05, 0) is 63.1 Å². The fourth-order valence-electron chi connectivity index (χ4n) is 4.39. The molecule has 6 nitrogen and oxygen atoms in total. The van der Waals surface area contributed by atoms with Crippen molar-refractivity contribution in [3.05, 3.63) is 70.5 Å². The Morgan fingerprint density at radius 2 is 1.59 bits per heavy atom. The zero-order chi connectivity index (χ0) is 23.7. The Hall–Kier alpha value is -3.41. The Morgan fingerprint density at radius 1 is 0.969 bits per heavy atom. The highest BCUT2D eigenvalue weighted by atomic mass is 16.5. The number of benzene rings is 2. The van der Waals surface area contributed by atoms with Gasteiger partial charge in [-0.25, -0.2) is 4.79 Å². The molecule has 2 aromatic carbocycles. The monoisotopic (exact) mass is 434 g/mol. The van der Waals surface area contributed by atoms with Crippen molar-refractivity contribution in [1.82, 2.24) is 9.47 Å². The van der Waals surface area contributed by atoms with Crippen molar-refractivity contribution in [3.63, 3.8) is 0 Å². The van der Waals surface area contributed by atoms with Crippen LogP contribution in [0, 0.1) is 13.8 Å². The standard InChI is InChI=1S/C26H30N2O4/c1-15(2)28(25(30)21-13-12-19-10-8-9-11-20(19)14-21)18(5)24(29)22-16(3)23(26(31)32-7)27(6)17(22)4/h8-15,18H,1-7H3. The minimum atomic E-state index is -0.709. The van der Waals surface area contributed by atoms with Gasteiger partial charge in [0, 0.05) is 29.9 Å². The summed E-state index contributed by atoms with van der Waals surface area (Å²) in [5.74, 6) is -0.896. The van der Waals surface area contributed by atoms with E-state index in [0.29, 0.717) is 28.1 Å². The van der Waals surface area contributed by atoms with Gasteiger partial charge in [-0.2, -0.15) is 0 Å². The highest BCUT2D eigenvalue weighted by molar-refractivity contribution is 6.08. The largest absolute Gasteiger partial charge is 0.464 e. The van der Waals surface area contributed by atoms with E-state index in [1.54, 1.807) is 43.4 Å². The molecule has 1 amide bonds. The highest BCUT2D eigenvalue weighted by Crippen LogP contribution is 2.26. The summed E-state index contributed by atoms with van der Waals surface area (Å²) in [6, 6.07) is 12.5. The first-order valence-electron chi connectivity index (χ1n) is 10.7. The summed E-state index contributed by atoms with van der Waals surface area (Å²) in [5, 5.41) is 2.02. The number of Topliss-reactive ketones (excluding diaryl/α,β-unsaturated/α-hetero) is 1. The lowest BCUT2D eigenvalue weighted by molar-refractivity contribution is 0.0565. The number of hydrogen-bond acceptors (Lipinski definition) is 4. The lowest BCUT2D eigenvalue weighted by Crippen LogP contribution is -2.47. The van der Waals surface area contributed by atoms with Gasteiger partial charge >= 0.3 is 5.97 Å². The minimum absolute atomic E-state index is 0.197. The summed E-state index contributed by atoms with van der Waals surface area (Å²) in [6.07, 6.45) is 0. The second kappa shape index (κ2) is 8.99. The van der Waals surface area contributed by atoms with Gasteiger partial charge in [0.2, 0.25) is 0 Å². The van der Waals surface area contributed by atoms with Crippen LogP contribution in [0.25, 0.3) is 10.8 Å². The molecule has 0 aliphatic carbocycles. The molecular formula is C26H30N2O4. The molecule has 0 fully saturated rings. The molecule has 32 heavy (non-hydrogen) atoms. The molecule has 3 aromatic rings. The molecule has 168 valence electrons. The first kappa shape index (κ1) is 23.3. The van der Waals surface area contributed by atoms with Gasteiger partial charge < -0.3 is 14.2 Å². The van der Waals surface area contributed by atoms with Crippen LogP contribution < -0.4 is 0 Å². The predicted molar refractivity (Wildman–Crippen MR) is 125 cm³/mol. The number of amides is 1. The van der Waals surface area contributed by atoms with Gasteiger partial charge in [-0.3, -0.25) is 9.59 Å². The molecule has 0 radical (unpaired) electrons. The molecule has 0 aliphatic rings. The first-order chi connectivity index (χ1) is 15.1. The molecule has 0 saturated heterocycles. The Labute approximate surface area is 188 Å². The van der Waals surface area contributed by atoms with Gasteiger partial charge in [0.05, 0.1) is 13.2 Å². The normalized spacial score (nSPS) is 12.1. The Morgan fingerprint density at radius 3 is 2.19 bits per heavy atom. The Bertz CT molecular complexity index is 1210. The fraction of sp³-hybridized carbons (Fsp3) is 0.346. The SMILES string of the molecule is COC(=O)c1c(C)c(C(=O)C(C)N(C(=O)c2ccc3ccccc3c2)C(C)C)c(C)n1C. The van der Waals surface area contributed by atoms with E-state index in [9.17, 15) is 14.4 Å². The van der Waals surface area contributed by atoms with Gasteiger partial charge in [0.1, 0.15) is 5.69 Å². The van der Waals surface area contributed by atoms with Gasteiger partial charge in [0.15, 0.2) is 5.78 Å². The van der Waals surface area contributed by atoms with E-state index in [2.05, 4.69) is 0 Å². The van der Waals surface area contributed by atoms with Gasteiger partial charge in [-0.1, -0.05) is 30.3 Å². The smallest absolute Gasteiger partial charge is 0.354 e. The number of aromatic nitrogens is 1. The highest BCUT2D eigenvalue weighted by Gasteiger charge is 2.34. The second-order valence-corrected chi connectivity index (χ2v) is 8.39.